The van der Waals surface area contributed by atoms with Crippen LogP contribution in [0.5, 0.6) is 23.0 Å². The number of carbonyl (C=O) groups is 1. The third-order valence-corrected chi connectivity index (χ3v) is 6.09. The monoisotopic (exact) mass is 427 g/mol. The zero-order valence-electron chi connectivity index (χ0n) is 19.1. The fourth-order valence-electron chi connectivity index (χ4n) is 4.19. The number of nitrogens with zero attached hydrogens (tertiary/aromatic N) is 1. The van der Waals surface area contributed by atoms with Crippen molar-refractivity contribution in [1.29, 1.82) is 0 Å². The Balaban J connectivity index is 1.94. The van der Waals surface area contributed by atoms with Gasteiger partial charge < -0.3 is 23.8 Å². The van der Waals surface area contributed by atoms with Crippen molar-refractivity contribution in [3.8, 4) is 23.0 Å². The number of rotatable bonds is 9. The lowest BCUT2D eigenvalue weighted by atomic mass is 9.90. The number of hydrogen-bond donors (Lipinski definition) is 0. The van der Waals surface area contributed by atoms with Crippen LogP contribution >= 0.6 is 0 Å². The molecule has 0 saturated heterocycles. The molecule has 168 valence electrons. The molecule has 31 heavy (non-hydrogen) atoms. The van der Waals surface area contributed by atoms with E-state index in [-0.39, 0.29) is 17.9 Å². The van der Waals surface area contributed by atoms with Crippen LogP contribution in [0.25, 0.3) is 0 Å². The molecule has 0 radical (unpaired) electrons. The van der Waals surface area contributed by atoms with Gasteiger partial charge in [0.15, 0.2) is 11.5 Å². The van der Waals surface area contributed by atoms with Gasteiger partial charge in [0, 0.05) is 12.5 Å². The Kier molecular flexibility index (Phi) is 7.66. The van der Waals surface area contributed by atoms with E-state index in [4.69, 9.17) is 18.9 Å². The highest BCUT2D eigenvalue weighted by molar-refractivity contribution is 5.79. The number of fused-ring (bicyclic) bond motifs is 1. The average molecular weight is 428 g/mol. The average Bonchev–Trinajstić information content (AvgIpc) is 2.82. The smallest absolute Gasteiger partial charge is 0.226 e. The lowest BCUT2D eigenvalue weighted by Gasteiger charge is -2.39. The maximum atomic E-state index is 13.4. The van der Waals surface area contributed by atoms with E-state index in [2.05, 4.69) is 13.8 Å². The number of carbonyl (C=O) groups excluding carboxylic acids is 1. The molecule has 0 bridgehead atoms. The topological polar surface area (TPSA) is 57.2 Å². The summed E-state index contributed by atoms with van der Waals surface area (Å²) in [5, 5.41) is 0. The van der Waals surface area contributed by atoms with Crippen LogP contribution in [0.15, 0.2) is 36.4 Å². The van der Waals surface area contributed by atoms with Crippen molar-refractivity contribution < 1.29 is 23.7 Å². The minimum Gasteiger partial charge on any atom is -0.497 e. The van der Waals surface area contributed by atoms with Gasteiger partial charge in [-0.15, -0.1) is 0 Å². The van der Waals surface area contributed by atoms with E-state index in [1.54, 1.807) is 21.3 Å². The van der Waals surface area contributed by atoms with Crippen molar-refractivity contribution in [3.05, 3.63) is 47.5 Å². The van der Waals surface area contributed by atoms with E-state index in [0.717, 1.165) is 41.9 Å². The summed E-state index contributed by atoms with van der Waals surface area (Å²) in [6.45, 7) is 5.16. The van der Waals surface area contributed by atoms with Crippen molar-refractivity contribution >= 4 is 5.91 Å². The van der Waals surface area contributed by atoms with Gasteiger partial charge in [0.25, 0.3) is 0 Å². The second kappa shape index (κ2) is 10.4. The molecule has 1 heterocycles. The summed E-state index contributed by atoms with van der Waals surface area (Å²) >= 11 is 0. The first-order valence-electron chi connectivity index (χ1n) is 10.9. The second-order valence-electron chi connectivity index (χ2n) is 7.70. The van der Waals surface area contributed by atoms with Crippen molar-refractivity contribution in [2.75, 3.05) is 34.5 Å². The van der Waals surface area contributed by atoms with Gasteiger partial charge >= 0.3 is 0 Å². The highest BCUT2D eigenvalue weighted by atomic mass is 16.5. The minimum atomic E-state index is -0.196. The van der Waals surface area contributed by atoms with Crippen molar-refractivity contribution in [2.45, 2.75) is 39.2 Å². The van der Waals surface area contributed by atoms with Crippen LogP contribution in [0.2, 0.25) is 0 Å². The molecule has 0 unspecified atom stereocenters. The van der Waals surface area contributed by atoms with Gasteiger partial charge in [0.1, 0.15) is 18.1 Å². The van der Waals surface area contributed by atoms with E-state index >= 15 is 0 Å². The Labute approximate surface area is 185 Å². The highest BCUT2D eigenvalue weighted by Crippen LogP contribution is 2.39. The third kappa shape index (κ3) is 4.89. The van der Waals surface area contributed by atoms with E-state index in [0.29, 0.717) is 24.7 Å². The number of benzene rings is 2. The Morgan fingerprint density at radius 1 is 0.968 bits per heavy atom. The van der Waals surface area contributed by atoms with E-state index in [1.165, 1.54) is 0 Å². The maximum Gasteiger partial charge on any atom is 0.226 e. The molecule has 1 amide bonds. The predicted octanol–water partition coefficient (Wildman–Crippen LogP) is 4.65. The van der Waals surface area contributed by atoms with Gasteiger partial charge in [-0.05, 0) is 66.8 Å². The van der Waals surface area contributed by atoms with Crippen LogP contribution < -0.4 is 18.9 Å². The largest absolute Gasteiger partial charge is 0.497 e. The first kappa shape index (κ1) is 22.8. The summed E-state index contributed by atoms with van der Waals surface area (Å²) in [4.78, 5) is 15.3. The Bertz CT molecular complexity index is 876. The maximum absolute atomic E-state index is 13.4. The molecule has 0 spiro atoms. The van der Waals surface area contributed by atoms with E-state index < -0.39 is 0 Å². The van der Waals surface area contributed by atoms with Gasteiger partial charge in [-0.25, -0.2) is 0 Å². The fraction of sp³-hybridized carbons (Fsp3) is 0.480. The number of amides is 1. The standard InChI is InChI=1S/C25H33NO5/c1-6-17(7-2)25(27)26-13-12-18-14-23(29-4)24(30-5)15-21(18)22(26)16-31-20-10-8-19(28-3)9-11-20/h8-11,14-15,17,22H,6-7,12-13,16H2,1-5H3/t22-/m1/s1. The summed E-state index contributed by atoms with van der Waals surface area (Å²) in [5.74, 6) is 3.09. The zero-order chi connectivity index (χ0) is 22.4. The molecule has 6 nitrogen and oxygen atoms in total. The van der Waals surface area contributed by atoms with Gasteiger partial charge in [0.2, 0.25) is 5.91 Å². The van der Waals surface area contributed by atoms with Gasteiger partial charge in [-0.2, -0.15) is 0 Å². The van der Waals surface area contributed by atoms with Gasteiger partial charge in [0.05, 0.1) is 27.4 Å². The minimum absolute atomic E-state index is 0.0187. The number of hydrogen-bond acceptors (Lipinski definition) is 5. The molecular formula is C25H33NO5. The molecule has 1 atom stereocenters. The van der Waals surface area contributed by atoms with Crippen LogP contribution in [-0.2, 0) is 11.2 Å². The first-order valence-corrected chi connectivity index (χ1v) is 10.9. The second-order valence-corrected chi connectivity index (χ2v) is 7.70. The van der Waals surface area contributed by atoms with Gasteiger partial charge in [-0.3, -0.25) is 4.79 Å². The van der Waals surface area contributed by atoms with Gasteiger partial charge in [-0.1, -0.05) is 13.8 Å². The van der Waals surface area contributed by atoms with Crippen LogP contribution in [0.1, 0.15) is 43.9 Å². The normalized spacial score (nSPS) is 15.4. The first-order chi connectivity index (χ1) is 15.1. The summed E-state index contributed by atoms with van der Waals surface area (Å²) in [6.07, 6.45) is 2.44. The molecule has 0 N–H and O–H groups in total. The Morgan fingerprint density at radius 3 is 2.16 bits per heavy atom. The molecule has 2 aromatic carbocycles. The summed E-state index contributed by atoms with van der Waals surface area (Å²) in [7, 11) is 4.90. The molecular weight excluding hydrogens is 394 g/mol. The van der Waals surface area contributed by atoms with Crippen molar-refractivity contribution in [1.82, 2.24) is 4.90 Å². The van der Waals surface area contributed by atoms with E-state index in [9.17, 15) is 4.79 Å². The molecule has 0 aliphatic carbocycles. The lowest BCUT2D eigenvalue weighted by molar-refractivity contribution is -0.139. The highest BCUT2D eigenvalue weighted by Gasteiger charge is 2.34. The predicted molar refractivity (Wildman–Crippen MR) is 120 cm³/mol. The Hall–Kier alpha value is -2.89. The van der Waals surface area contributed by atoms with Crippen LogP contribution in [0.4, 0.5) is 0 Å². The quantitative estimate of drug-likeness (QED) is 0.583. The molecule has 0 aromatic heterocycles. The molecule has 6 heteroatoms. The molecule has 2 aromatic rings. The molecule has 0 fully saturated rings. The number of methoxy groups -OCH3 is 3. The van der Waals surface area contributed by atoms with E-state index in [1.807, 2.05) is 41.3 Å². The molecule has 1 aliphatic rings. The summed E-state index contributed by atoms with van der Waals surface area (Å²) < 4.78 is 22.4. The van der Waals surface area contributed by atoms with Crippen molar-refractivity contribution in [2.24, 2.45) is 5.92 Å². The van der Waals surface area contributed by atoms with Crippen LogP contribution in [0.3, 0.4) is 0 Å². The molecule has 3 rings (SSSR count). The number of ether oxygens (including phenoxy) is 4. The zero-order valence-corrected chi connectivity index (χ0v) is 19.1. The third-order valence-electron chi connectivity index (χ3n) is 6.09. The fourth-order valence-corrected chi connectivity index (χ4v) is 4.19. The summed E-state index contributed by atoms with van der Waals surface area (Å²) in [6, 6.07) is 11.3. The Morgan fingerprint density at radius 2 is 1.58 bits per heavy atom. The lowest BCUT2D eigenvalue weighted by Crippen LogP contribution is -2.45. The van der Waals surface area contributed by atoms with Crippen molar-refractivity contribution in [3.63, 3.8) is 0 Å². The summed E-state index contributed by atoms with van der Waals surface area (Å²) in [5.41, 5.74) is 2.21. The SMILES string of the molecule is CCC(CC)C(=O)N1CCc2cc(OC)c(OC)cc2[C@H]1COc1ccc(OC)cc1. The molecule has 0 saturated carbocycles. The molecule has 1 aliphatic heterocycles. The van der Waals surface area contributed by atoms with Crippen LogP contribution in [-0.4, -0.2) is 45.3 Å². The van der Waals surface area contributed by atoms with Crippen LogP contribution in [0, 0.1) is 5.92 Å².